The lowest BCUT2D eigenvalue weighted by atomic mass is 10.1. The summed E-state index contributed by atoms with van der Waals surface area (Å²) in [5.41, 5.74) is 2.14. The topological polar surface area (TPSA) is 76.8 Å². The van der Waals surface area contributed by atoms with Gasteiger partial charge in [-0.2, -0.15) is 0 Å². The SMILES string of the molecule is COCCN(CCOC)C(C)CCC(=O)NN. The molecule has 0 spiro atoms. The summed E-state index contributed by atoms with van der Waals surface area (Å²) < 4.78 is 10.1. The zero-order valence-corrected chi connectivity index (χ0v) is 11.1. The highest BCUT2D eigenvalue weighted by Gasteiger charge is 2.14. The van der Waals surface area contributed by atoms with E-state index >= 15 is 0 Å². The van der Waals surface area contributed by atoms with Crippen LogP contribution in [0.5, 0.6) is 0 Å². The van der Waals surface area contributed by atoms with Crippen LogP contribution in [0.1, 0.15) is 19.8 Å². The predicted octanol–water partition coefficient (Wildman–Crippen LogP) is -0.260. The molecule has 0 heterocycles. The lowest BCUT2D eigenvalue weighted by Gasteiger charge is -2.28. The molecule has 3 N–H and O–H groups in total. The molecule has 0 bridgehead atoms. The number of nitrogens with two attached hydrogens (primary N) is 1. The Hall–Kier alpha value is -0.690. The molecule has 0 saturated carbocycles. The van der Waals surface area contributed by atoms with Gasteiger partial charge in [-0.15, -0.1) is 0 Å². The Morgan fingerprint density at radius 3 is 2.24 bits per heavy atom. The first-order valence-electron chi connectivity index (χ1n) is 5.87. The van der Waals surface area contributed by atoms with Crippen molar-refractivity contribution in [1.29, 1.82) is 0 Å². The van der Waals surface area contributed by atoms with Crippen LogP contribution in [0.2, 0.25) is 0 Å². The summed E-state index contributed by atoms with van der Waals surface area (Å²) in [5.74, 6) is 4.91. The van der Waals surface area contributed by atoms with Gasteiger partial charge in [0.15, 0.2) is 0 Å². The molecule has 0 saturated heterocycles. The standard InChI is InChI=1S/C11H25N3O3/c1-10(4-5-11(15)13-12)14(6-8-16-2)7-9-17-3/h10H,4-9,12H2,1-3H3,(H,13,15). The molecule has 0 aromatic carbocycles. The third kappa shape index (κ3) is 8.09. The number of rotatable bonds is 10. The molecule has 1 amide bonds. The van der Waals surface area contributed by atoms with Crippen LogP contribution in [-0.2, 0) is 14.3 Å². The number of ether oxygens (including phenoxy) is 2. The number of hydrogen-bond donors (Lipinski definition) is 2. The van der Waals surface area contributed by atoms with E-state index in [9.17, 15) is 4.79 Å². The second-order valence-corrected chi connectivity index (χ2v) is 3.98. The average molecular weight is 247 g/mol. The zero-order chi connectivity index (χ0) is 13.1. The Morgan fingerprint density at radius 2 is 1.82 bits per heavy atom. The normalized spacial score (nSPS) is 12.8. The van der Waals surface area contributed by atoms with Crippen molar-refractivity contribution in [1.82, 2.24) is 10.3 Å². The zero-order valence-electron chi connectivity index (χ0n) is 11.1. The first-order chi connectivity index (χ1) is 8.15. The highest BCUT2D eigenvalue weighted by Crippen LogP contribution is 2.06. The summed E-state index contributed by atoms with van der Waals surface area (Å²) in [6.45, 7) is 5.12. The summed E-state index contributed by atoms with van der Waals surface area (Å²) in [4.78, 5) is 13.3. The highest BCUT2D eigenvalue weighted by molar-refractivity contribution is 5.75. The largest absolute Gasteiger partial charge is 0.383 e. The third-order valence-electron chi connectivity index (χ3n) is 2.74. The summed E-state index contributed by atoms with van der Waals surface area (Å²) in [7, 11) is 3.36. The summed E-state index contributed by atoms with van der Waals surface area (Å²) >= 11 is 0. The molecule has 6 heteroatoms. The number of amides is 1. The van der Waals surface area contributed by atoms with Crippen LogP contribution in [-0.4, -0.2) is 57.4 Å². The summed E-state index contributed by atoms with van der Waals surface area (Å²) in [5, 5.41) is 0. The van der Waals surface area contributed by atoms with E-state index in [2.05, 4.69) is 17.2 Å². The number of nitrogens with one attached hydrogen (secondary N) is 1. The number of carbonyl (C=O) groups excluding carboxylic acids is 1. The molecular formula is C11H25N3O3. The van der Waals surface area contributed by atoms with Gasteiger partial charge in [0.05, 0.1) is 13.2 Å². The molecule has 0 fully saturated rings. The number of hydrogen-bond acceptors (Lipinski definition) is 5. The van der Waals surface area contributed by atoms with Gasteiger partial charge in [0, 0.05) is 39.8 Å². The minimum Gasteiger partial charge on any atom is -0.383 e. The second-order valence-electron chi connectivity index (χ2n) is 3.98. The van der Waals surface area contributed by atoms with Crippen LogP contribution in [0.15, 0.2) is 0 Å². The smallest absolute Gasteiger partial charge is 0.233 e. The summed E-state index contributed by atoms with van der Waals surface area (Å²) in [6, 6.07) is 0.303. The van der Waals surface area contributed by atoms with E-state index in [1.165, 1.54) is 0 Å². The monoisotopic (exact) mass is 247 g/mol. The van der Waals surface area contributed by atoms with Crippen molar-refractivity contribution in [2.75, 3.05) is 40.5 Å². The Balaban J connectivity index is 4.01. The van der Waals surface area contributed by atoms with Crippen molar-refractivity contribution in [2.45, 2.75) is 25.8 Å². The highest BCUT2D eigenvalue weighted by atomic mass is 16.5. The Labute approximate surface area is 103 Å². The molecule has 6 nitrogen and oxygen atoms in total. The van der Waals surface area contributed by atoms with Gasteiger partial charge in [0.2, 0.25) is 5.91 Å². The van der Waals surface area contributed by atoms with Crippen LogP contribution in [0, 0.1) is 0 Å². The second kappa shape index (κ2) is 10.5. The van der Waals surface area contributed by atoms with Gasteiger partial charge in [0.1, 0.15) is 0 Å². The fourth-order valence-corrected chi connectivity index (χ4v) is 1.56. The van der Waals surface area contributed by atoms with Gasteiger partial charge in [-0.3, -0.25) is 15.1 Å². The van der Waals surface area contributed by atoms with Gasteiger partial charge in [-0.1, -0.05) is 0 Å². The molecule has 0 radical (unpaired) electrons. The fourth-order valence-electron chi connectivity index (χ4n) is 1.56. The van der Waals surface area contributed by atoms with E-state index in [0.717, 1.165) is 19.5 Å². The fraction of sp³-hybridized carbons (Fsp3) is 0.909. The molecule has 0 aromatic heterocycles. The van der Waals surface area contributed by atoms with E-state index in [1.807, 2.05) is 0 Å². The first kappa shape index (κ1) is 16.3. The molecule has 0 aliphatic rings. The quantitative estimate of drug-likeness (QED) is 0.316. The van der Waals surface area contributed by atoms with Gasteiger partial charge in [-0.05, 0) is 13.3 Å². The lowest BCUT2D eigenvalue weighted by molar-refractivity contribution is -0.121. The maximum Gasteiger partial charge on any atom is 0.233 e. The predicted molar refractivity (Wildman–Crippen MR) is 66.4 cm³/mol. The van der Waals surface area contributed by atoms with Crippen LogP contribution < -0.4 is 11.3 Å². The lowest BCUT2D eigenvalue weighted by Crippen LogP contribution is -2.39. The first-order valence-corrected chi connectivity index (χ1v) is 5.87. The van der Waals surface area contributed by atoms with Crippen LogP contribution >= 0.6 is 0 Å². The van der Waals surface area contributed by atoms with Gasteiger partial charge >= 0.3 is 0 Å². The van der Waals surface area contributed by atoms with Crippen LogP contribution in [0.25, 0.3) is 0 Å². The van der Waals surface area contributed by atoms with Crippen molar-refractivity contribution < 1.29 is 14.3 Å². The Morgan fingerprint density at radius 1 is 1.29 bits per heavy atom. The molecule has 0 aliphatic heterocycles. The molecule has 1 unspecified atom stereocenters. The van der Waals surface area contributed by atoms with Gasteiger partial charge < -0.3 is 9.47 Å². The van der Waals surface area contributed by atoms with Crippen molar-refractivity contribution in [3.63, 3.8) is 0 Å². The number of nitrogens with zero attached hydrogens (tertiary/aromatic N) is 1. The third-order valence-corrected chi connectivity index (χ3v) is 2.74. The minimum absolute atomic E-state index is 0.129. The van der Waals surface area contributed by atoms with Crippen molar-refractivity contribution in [3.05, 3.63) is 0 Å². The molecule has 0 rings (SSSR count). The van der Waals surface area contributed by atoms with E-state index in [-0.39, 0.29) is 5.91 Å². The average Bonchev–Trinajstić information content (AvgIpc) is 2.35. The summed E-state index contributed by atoms with van der Waals surface area (Å²) in [6.07, 6.45) is 1.21. The van der Waals surface area contributed by atoms with Crippen molar-refractivity contribution in [3.8, 4) is 0 Å². The van der Waals surface area contributed by atoms with Gasteiger partial charge in [-0.25, -0.2) is 5.84 Å². The van der Waals surface area contributed by atoms with E-state index in [1.54, 1.807) is 14.2 Å². The van der Waals surface area contributed by atoms with Crippen LogP contribution in [0.3, 0.4) is 0 Å². The maximum atomic E-state index is 11.1. The van der Waals surface area contributed by atoms with E-state index in [0.29, 0.717) is 25.7 Å². The Kier molecular flexibility index (Phi) is 10.0. The van der Waals surface area contributed by atoms with Crippen molar-refractivity contribution in [2.24, 2.45) is 5.84 Å². The molecule has 102 valence electrons. The molecule has 17 heavy (non-hydrogen) atoms. The van der Waals surface area contributed by atoms with Crippen molar-refractivity contribution >= 4 is 5.91 Å². The van der Waals surface area contributed by atoms with E-state index in [4.69, 9.17) is 15.3 Å². The maximum absolute atomic E-state index is 11.1. The van der Waals surface area contributed by atoms with Gasteiger partial charge in [0.25, 0.3) is 0 Å². The number of hydrazine groups is 1. The molecule has 0 aliphatic carbocycles. The van der Waals surface area contributed by atoms with Crippen LogP contribution in [0.4, 0.5) is 0 Å². The number of methoxy groups -OCH3 is 2. The number of carbonyl (C=O) groups is 1. The Bertz CT molecular complexity index is 194. The molecule has 1 atom stereocenters. The molecular weight excluding hydrogens is 222 g/mol. The minimum atomic E-state index is -0.129. The van der Waals surface area contributed by atoms with E-state index < -0.39 is 0 Å². The molecule has 0 aromatic rings.